The van der Waals surface area contributed by atoms with Crippen LogP contribution in [0.2, 0.25) is 0 Å². The summed E-state index contributed by atoms with van der Waals surface area (Å²) in [5.74, 6) is 0.0719. The Morgan fingerprint density at radius 2 is 2.00 bits per heavy atom. The van der Waals surface area contributed by atoms with E-state index < -0.39 is 6.67 Å². The molecule has 0 saturated carbocycles. The molecule has 0 unspecified atom stereocenters. The van der Waals surface area contributed by atoms with Crippen LogP contribution in [0.25, 0.3) is 0 Å². The third-order valence-electron chi connectivity index (χ3n) is 1.34. The molecular formula is C9H9FO2. The fourth-order valence-electron chi connectivity index (χ4n) is 0.813. The summed E-state index contributed by atoms with van der Waals surface area (Å²) in [6.07, 6.45) is 0. The van der Waals surface area contributed by atoms with Gasteiger partial charge in [0.25, 0.3) is 0 Å². The fourth-order valence-corrected chi connectivity index (χ4v) is 0.813. The molecule has 2 nitrogen and oxygen atoms in total. The fraction of sp³-hybridized carbons (Fsp3) is 0.222. The summed E-state index contributed by atoms with van der Waals surface area (Å²) in [6, 6.07) is 6.29. The van der Waals surface area contributed by atoms with Gasteiger partial charge in [-0.15, -0.1) is 0 Å². The second-order valence-corrected chi connectivity index (χ2v) is 2.37. The molecule has 1 aromatic carbocycles. The first-order chi connectivity index (χ1) is 5.72. The van der Waals surface area contributed by atoms with Crippen molar-refractivity contribution in [2.75, 3.05) is 0 Å². The minimum absolute atomic E-state index is 0.372. The van der Waals surface area contributed by atoms with Crippen LogP contribution in [0.1, 0.15) is 12.5 Å². The highest BCUT2D eigenvalue weighted by atomic mass is 19.1. The highest BCUT2D eigenvalue weighted by Crippen LogP contribution is 2.12. The SMILES string of the molecule is CC(=O)Oc1ccc(CF)cc1. The lowest BCUT2D eigenvalue weighted by molar-refractivity contribution is -0.131. The number of carbonyl (C=O) groups is 1. The number of benzene rings is 1. The Bertz CT molecular complexity index is 266. The van der Waals surface area contributed by atoms with Crippen molar-refractivity contribution >= 4 is 5.97 Å². The Morgan fingerprint density at radius 1 is 1.42 bits per heavy atom. The number of hydrogen-bond acceptors (Lipinski definition) is 2. The lowest BCUT2D eigenvalue weighted by atomic mass is 10.2. The molecule has 0 N–H and O–H groups in total. The van der Waals surface area contributed by atoms with Crippen molar-refractivity contribution in [3.8, 4) is 5.75 Å². The van der Waals surface area contributed by atoms with Crippen LogP contribution < -0.4 is 4.74 Å². The van der Waals surface area contributed by atoms with E-state index in [0.29, 0.717) is 11.3 Å². The van der Waals surface area contributed by atoms with Gasteiger partial charge in [0.05, 0.1) is 0 Å². The van der Waals surface area contributed by atoms with Crippen molar-refractivity contribution in [2.45, 2.75) is 13.6 Å². The minimum atomic E-state index is -0.500. The van der Waals surface area contributed by atoms with Gasteiger partial charge in [-0.1, -0.05) is 12.1 Å². The van der Waals surface area contributed by atoms with Gasteiger partial charge in [-0.25, -0.2) is 4.39 Å². The molecule has 0 aliphatic carbocycles. The summed E-state index contributed by atoms with van der Waals surface area (Å²) >= 11 is 0. The van der Waals surface area contributed by atoms with Gasteiger partial charge in [-0.05, 0) is 17.7 Å². The van der Waals surface area contributed by atoms with Crippen LogP contribution in [0, 0.1) is 0 Å². The van der Waals surface area contributed by atoms with Gasteiger partial charge in [0.2, 0.25) is 0 Å². The highest BCUT2D eigenvalue weighted by Gasteiger charge is 1.97. The van der Waals surface area contributed by atoms with E-state index in [1.807, 2.05) is 0 Å². The molecule has 64 valence electrons. The van der Waals surface area contributed by atoms with Gasteiger partial charge in [0.15, 0.2) is 0 Å². The topological polar surface area (TPSA) is 26.3 Å². The third-order valence-corrected chi connectivity index (χ3v) is 1.34. The molecule has 0 heterocycles. The molecule has 0 aromatic heterocycles. The number of ether oxygens (including phenoxy) is 1. The first kappa shape index (κ1) is 8.71. The Morgan fingerprint density at radius 3 is 2.42 bits per heavy atom. The maximum Gasteiger partial charge on any atom is 0.308 e. The van der Waals surface area contributed by atoms with Crippen LogP contribution in [0.15, 0.2) is 24.3 Å². The zero-order valence-electron chi connectivity index (χ0n) is 6.71. The first-order valence-corrected chi connectivity index (χ1v) is 3.55. The van der Waals surface area contributed by atoms with Crippen LogP contribution in [0.4, 0.5) is 4.39 Å². The monoisotopic (exact) mass is 168 g/mol. The summed E-state index contributed by atoms with van der Waals surface area (Å²) in [5.41, 5.74) is 0.575. The smallest absolute Gasteiger partial charge is 0.308 e. The molecule has 3 heteroatoms. The number of carbonyl (C=O) groups excluding carboxylic acids is 1. The number of rotatable bonds is 2. The third kappa shape index (κ3) is 2.34. The number of halogens is 1. The van der Waals surface area contributed by atoms with E-state index in [-0.39, 0.29) is 5.97 Å². The molecule has 0 fully saturated rings. The summed E-state index contributed by atoms with van der Waals surface area (Å²) < 4.78 is 16.8. The molecule has 0 aliphatic rings. The molecule has 0 amide bonds. The standard InChI is InChI=1S/C9H9FO2/c1-7(11)12-9-4-2-8(6-10)3-5-9/h2-5H,6H2,1H3. The van der Waals surface area contributed by atoms with E-state index >= 15 is 0 Å². The minimum Gasteiger partial charge on any atom is -0.427 e. The molecule has 1 rings (SSSR count). The number of esters is 1. The Balaban J connectivity index is 2.71. The molecular weight excluding hydrogens is 159 g/mol. The molecule has 0 radical (unpaired) electrons. The first-order valence-electron chi connectivity index (χ1n) is 3.55. The van der Waals surface area contributed by atoms with E-state index in [1.54, 1.807) is 24.3 Å². The summed E-state index contributed by atoms with van der Waals surface area (Å²) in [6.45, 7) is 0.823. The summed E-state index contributed by atoms with van der Waals surface area (Å²) in [7, 11) is 0. The summed E-state index contributed by atoms with van der Waals surface area (Å²) in [4.78, 5) is 10.5. The predicted molar refractivity (Wildman–Crippen MR) is 42.6 cm³/mol. The Kier molecular flexibility index (Phi) is 2.80. The number of hydrogen-bond donors (Lipinski definition) is 0. The van der Waals surface area contributed by atoms with Crippen LogP contribution in [0.5, 0.6) is 5.75 Å². The summed E-state index contributed by atoms with van der Waals surface area (Å²) in [5, 5.41) is 0. The Hall–Kier alpha value is -1.38. The van der Waals surface area contributed by atoms with Crippen LogP contribution in [-0.4, -0.2) is 5.97 Å². The van der Waals surface area contributed by atoms with Gasteiger partial charge < -0.3 is 4.74 Å². The quantitative estimate of drug-likeness (QED) is 0.499. The van der Waals surface area contributed by atoms with Gasteiger partial charge in [-0.2, -0.15) is 0 Å². The predicted octanol–water partition coefficient (Wildman–Crippen LogP) is 2.08. The Labute approximate surface area is 70.0 Å². The van der Waals surface area contributed by atoms with Crippen LogP contribution in [0.3, 0.4) is 0 Å². The lowest BCUT2D eigenvalue weighted by Gasteiger charge is -2.00. The van der Waals surface area contributed by atoms with E-state index in [4.69, 9.17) is 4.74 Å². The van der Waals surface area contributed by atoms with E-state index in [9.17, 15) is 9.18 Å². The lowest BCUT2D eigenvalue weighted by Crippen LogP contribution is -2.00. The van der Waals surface area contributed by atoms with E-state index in [0.717, 1.165) is 0 Å². The molecule has 0 aliphatic heterocycles. The molecule has 0 saturated heterocycles. The van der Waals surface area contributed by atoms with E-state index in [1.165, 1.54) is 6.92 Å². The zero-order valence-corrected chi connectivity index (χ0v) is 6.71. The zero-order chi connectivity index (χ0) is 8.97. The molecule has 0 atom stereocenters. The van der Waals surface area contributed by atoms with Crippen molar-refractivity contribution in [1.82, 2.24) is 0 Å². The average Bonchev–Trinajstić information content (AvgIpc) is 2.05. The maximum absolute atomic E-state index is 12.0. The molecule has 0 bridgehead atoms. The largest absolute Gasteiger partial charge is 0.427 e. The van der Waals surface area contributed by atoms with Crippen molar-refractivity contribution in [3.63, 3.8) is 0 Å². The average molecular weight is 168 g/mol. The molecule has 0 spiro atoms. The maximum atomic E-state index is 12.0. The van der Waals surface area contributed by atoms with Gasteiger partial charge in [0, 0.05) is 6.92 Å². The second kappa shape index (κ2) is 3.85. The van der Waals surface area contributed by atoms with Crippen LogP contribution in [-0.2, 0) is 11.5 Å². The van der Waals surface area contributed by atoms with Crippen molar-refractivity contribution in [2.24, 2.45) is 0 Å². The van der Waals surface area contributed by atoms with Gasteiger partial charge in [0.1, 0.15) is 12.4 Å². The second-order valence-electron chi connectivity index (χ2n) is 2.37. The van der Waals surface area contributed by atoms with Gasteiger partial charge >= 0.3 is 5.97 Å². The number of alkyl halides is 1. The molecule has 12 heavy (non-hydrogen) atoms. The van der Waals surface area contributed by atoms with Gasteiger partial charge in [-0.3, -0.25) is 4.79 Å². The van der Waals surface area contributed by atoms with Crippen LogP contribution >= 0.6 is 0 Å². The van der Waals surface area contributed by atoms with Crippen molar-refractivity contribution in [3.05, 3.63) is 29.8 Å². The van der Waals surface area contributed by atoms with E-state index in [2.05, 4.69) is 0 Å². The highest BCUT2D eigenvalue weighted by molar-refractivity contribution is 5.69. The normalized spacial score (nSPS) is 9.50. The molecule has 1 aromatic rings. The van der Waals surface area contributed by atoms with Crippen molar-refractivity contribution < 1.29 is 13.9 Å². The van der Waals surface area contributed by atoms with Crippen molar-refractivity contribution in [1.29, 1.82) is 0 Å².